The predicted octanol–water partition coefficient (Wildman–Crippen LogP) is 0.972. The molecule has 1 N–H and O–H groups in total. The summed E-state index contributed by atoms with van der Waals surface area (Å²) in [4.78, 5) is 11.7. The Labute approximate surface area is 101 Å². The fraction of sp³-hybridized carbons (Fsp3) is 0.923. The van der Waals surface area contributed by atoms with Crippen molar-refractivity contribution < 1.29 is 19.4 Å². The van der Waals surface area contributed by atoms with Gasteiger partial charge in [-0.05, 0) is 18.8 Å². The summed E-state index contributed by atoms with van der Waals surface area (Å²) >= 11 is 0. The Morgan fingerprint density at radius 2 is 2.24 bits per heavy atom. The van der Waals surface area contributed by atoms with Gasteiger partial charge in [0.15, 0.2) is 0 Å². The number of unbranched alkanes of at least 4 members (excludes halogenated alkanes) is 1. The van der Waals surface area contributed by atoms with Gasteiger partial charge in [-0.15, -0.1) is 0 Å². The SMILES string of the molecule is CCCCOC1C(O)C2CC1C1C(=O)OCC21. The number of hydrogen-bond donors (Lipinski definition) is 1. The van der Waals surface area contributed by atoms with Gasteiger partial charge in [-0.2, -0.15) is 0 Å². The second kappa shape index (κ2) is 4.25. The Morgan fingerprint density at radius 1 is 1.41 bits per heavy atom. The van der Waals surface area contributed by atoms with Crippen LogP contribution in [0.3, 0.4) is 0 Å². The molecule has 1 saturated heterocycles. The largest absolute Gasteiger partial charge is 0.465 e. The predicted molar refractivity (Wildman–Crippen MR) is 60.2 cm³/mol. The Kier molecular flexibility index (Phi) is 2.87. The van der Waals surface area contributed by atoms with Gasteiger partial charge in [-0.3, -0.25) is 4.79 Å². The number of esters is 1. The number of hydrogen-bond acceptors (Lipinski definition) is 4. The zero-order valence-corrected chi connectivity index (χ0v) is 10.2. The molecule has 6 atom stereocenters. The van der Waals surface area contributed by atoms with Gasteiger partial charge in [-0.25, -0.2) is 0 Å². The second-order valence-electron chi connectivity index (χ2n) is 5.56. The van der Waals surface area contributed by atoms with Crippen LogP contribution in [0.15, 0.2) is 0 Å². The number of aliphatic hydroxyl groups is 1. The van der Waals surface area contributed by atoms with Crippen LogP contribution in [0.5, 0.6) is 0 Å². The van der Waals surface area contributed by atoms with Crippen LogP contribution in [-0.4, -0.2) is 36.5 Å². The zero-order chi connectivity index (χ0) is 12.0. The molecule has 0 radical (unpaired) electrons. The van der Waals surface area contributed by atoms with Crippen molar-refractivity contribution in [1.82, 2.24) is 0 Å². The van der Waals surface area contributed by atoms with Crippen molar-refractivity contribution in [3.63, 3.8) is 0 Å². The molecule has 0 aromatic heterocycles. The third-order valence-electron chi connectivity index (χ3n) is 4.71. The Bertz CT molecular complexity index is 317. The van der Waals surface area contributed by atoms with Gasteiger partial charge in [0.25, 0.3) is 0 Å². The third kappa shape index (κ3) is 1.61. The number of fused-ring (bicyclic) bond motifs is 5. The minimum absolute atomic E-state index is 0.00461. The van der Waals surface area contributed by atoms with Crippen molar-refractivity contribution in [1.29, 1.82) is 0 Å². The minimum atomic E-state index is -0.396. The zero-order valence-electron chi connectivity index (χ0n) is 10.2. The summed E-state index contributed by atoms with van der Waals surface area (Å²) < 4.78 is 10.9. The molecule has 2 aliphatic carbocycles. The lowest BCUT2D eigenvalue weighted by molar-refractivity contribution is -0.146. The first-order valence-electron chi connectivity index (χ1n) is 6.70. The van der Waals surface area contributed by atoms with Crippen molar-refractivity contribution in [2.75, 3.05) is 13.2 Å². The first kappa shape index (κ1) is 11.5. The number of rotatable bonds is 4. The summed E-state index contributed by atoms with van der Waals surface area (Å²) in [6.45, 7) is 3.31. The molecule has 96 valence electrons. The van der Waals surface area contributed by atoms with Gasteiger partial charge in [-0.1, -0.05) is 13.3 Å². The molecule has 1 aliphatic heterocycles. The van der Waals surface area contributed by atoms with E-state index < -0.39 is 6.10 Å². The fourth-order valence-electron chi connectivity index (χ4n) is 3.88. The Balaban J connectivity index is 1.69. The van der Waals surface area contributed by atoms with Gasteiger partial charge >= 0.3 is 5.97 Å². The molecule has 1 heterocycles. The molecule has 4 heteroatoms. The standard InChI is InChI=1S/C13H20O4/c1-2-3-4-16-12-8-5-7(11(12)14)9-6-17-13(15)10(8)9/h7-12,14H,2-6H2,1H3. The van der Waals surface area contributed by atoms with Crippen LogP contribution < -0.4 is 0 Å². The van der Waals surface area contributed by atoms with E-state index in [0.29, 0.717) is 13.2 Å². The maximum absolute atomic E-state index is 11.7. The van der Waals surface area contributed by atoms with Crippen LogP contribution in [0.25, 0.3) is 0 Å². The molecule has 6 unspecified atom stereocenters. The van der Waals surface area contributed by atoms with Gasteiger partial charge in [0.05, 0.1) is 24.7 Å². The summed E-state index contributed by atoms with van der Waals surface area (Å²) in [6, 6.07) is 0. The van der Waals surface area contributed by atoms with Gasteiger partial charge in [0.2, 0.25) is 0 Å². The third-order valence-corrected chi connectivity index (χ3v) is 4.71. The minimum Gasteiger partial charge on any atom is -0.465 e. The number of aliphatic hydroxyl groups excluding tert-OH is 1. The first-order chi connectivity index (χ1) is 8.24. The van der Waals surface area contributed by atoms with E-state index in [0.717, 1.165) is 19.3 Å². The van der Waals surface area contributed by atoms with Crippen LogP contribution >= 0.6 is 0 Å². The lowest BCUT2D eigenvalue weighted by atomic mass is 9.78. The van der Waals surface area contributed by atoms with Crippen molar-refractivity contribution in [2.45, 2.75) is 38.4 Å². The van der Waals surface area contributed by atoms with Crippen LogP contribution in [0.1, 0.15) is 26.2 Å². The number of carbonyl (C=O) groups is 1. The summed E-state index contributed by atoms with van der Waals surface area (Å²) in [5.74, 6) is 0.567. The normalized spacial score (nSPS) is 47.3. The molecule has 3 fully saturated rings. The molecule has 0 amide bonds. The molecule has 2 bridgehead atoms. The summed E-state index contributed by atoms with van der Waals surface area (Å²) in [5, 5.41) is 10.2. The molecule has 17 heavy (non-hydrogen) atoms. The molecular weight excluding hydrogens is 220 g/mol. The van der Waals surface area contributed by atoms with Crippen LogP contribution in [0.2, 0.25) is 0 Å². The highest BCUT2D eigenvalue weighted by molar-refractivity contribution is 5.76. The smallest absolute Gasteiger partial charge is 0.309 e. The van der Waals surface area contributed by atoms with Crippen LogP contribution in [0, 0.1) is 23.7 Å². The van der Waals surface area contributed by atoms with Crippen molar-refractivity contribution in [3.05, 3.63) is 0 Å². The highest BCUT2D eigenvalue weighted by Gasteiger charge is 2.63. The topological polar surface area (TPSA) is 55.8 Å². The maximum Gasteiger partial charge on any atom is 0.309 e. The average molecular weight is 240 g/mol. The lowest BCUT2D eigenvalue weighted by Gasteiger charge is -2.32. The van der Waals surface area contributed by atoms with E-state index in [1.807, 2.05) is 0 Å². The highest BCUT2D eigenvalue weighted by Crippen LogP contribution is 2.56. The molecule has 0 aromatic carbocycles. The monoisotopic (exact) mass is 240 g/mol. The van der Waals surface area contributed by atoms with Gasteiger partial charge in [0.1, 0.15) is 0 Å². The summed E-state index contributed by atoms with van der Waals surface area (Å²) in [6.07, 6.45) is 2.50. The molecule has 0 aromatic rings. The quantitative estimate of drug-likeness (QED) is 0.587. The van der Waals surface area contributed by atoms with E-state index in [2.05, 4.69) is 6.92 Å². The van der Waals surface area contributed by atoms with Gasteiger partial charge < -0.3 is 14.6 Å². The van der Waals surface area contributed by atoms with E-state index in [1.165, 1.54) is 0 Å². The lowest BCUT2D eigenvalue weighted by Crippen LogP contribution is -2.44. The van der Waals surface area contributed by atoms with Crippen LogP contribution in [0.4, 0.5) is 0 Å². The number of carbonyl (C=O) groups excluding carboxylic acids is 1. The van der Waals surface area contributed by atoms with E-state index in [9.17, 15) is 9.90 Å². The highest BCUT2D eigenvalue weighted by atomic mass is 16.5. The van der Waals surface area contributed by atoms with Crippen molar-refractivity contribution >= 4 is 5.97 Å². The Hall–Kier alpha value is -0.610. The average Bonchev–Trinajstić information content (AvgIpc) is 2.94. The number of cyclic esters (lactones) is 1. The first-order valence-corrected chi connectivity index (χ1v) is 6.70. The molecule has 2 saturated carbocycles. The molecule has 3 rings (SSSR count). The van der Waals surface area contributed by atoms with E-state index >= 15 is 0 Å². The summed E-state index contributed by atoms with van der Waals surface area (Å²) in [7, 11) is 0. The van der Waals surface area contributed by atoms with Gasteiger partial charge in [0, 0.05) is 18.4 Å². The number of ether oxygens (including phenoxy) is 2. The fourth-order valence-corrected chi connectivity index (χ4v) is 3.88. The molecule has 4 nitrogen and oxygen atoms in total. The Morgan fingerprint density at radius 3 is 3.00 bits per heavy atom. The summed E-state index contributed by atoms with van der Waals surface area (Å²) in [5.41, 5.74) is 0. The molecular formula is C13H20O4. The van der Waals surface area contributed by atoms with E-state index in [4.69, 9.17) is 9.47 Å². The van der Waals surface area contributed by atoms with E-state index in [-0.39, 0.29) is 35.7 Å². The van der Waals surface area contributed by atoms with E-state index in [1.54, 1.807) is 0 Å². The molecule has 3 aliphatic rings. The molecule has 0 spiro atoms. The van der Waals surface area contributed by atoms with Crippen molar-refractivity contribution in [2.24, 2.45) is 23.7 Å². The van der Waals surface area contributed by atoms with Crippen molar-refractivity contribution in [3.8, 4) is 0 Å². The van der Waals surface area contributed by atoms with Crippen LogP contribution in [-0.2, 0) is 14.3 Å². The second-order valence-corrected chi connectivity index (χ2v) is 5.56. The maximum atomic E-state index is 11.7.